The van der Waals surface area contributed by atoms with Crippen molar-refractivity contribution in [3.05, 3.63) is 63.7 Å². The molecule has 164 valence electrons. The number of anilines is 1. The van der Waals surface area contributed by atoms with Crippen LogP contribution in [0.1, 0.15) is 28.8 Å². The van der Waals surface area contributed by atoms with Crippen molar-refractivity contribution < 1.29 is 24.0 Å². The Morgan fingerprint density at radius 3 is 2.48 bits per heavy atom. The van der Waals surface area contributed by atoms with Crippen LogP contribution in [0.2, 0.25) is 0 Å². The van der Waals surface area contributed by atoms with E-state index in [9.17, 15) is 19.7 Å². The number of methoxy groups -OCH3 is 1. The molecular weight excluding hydrogens is 402 g/mol. The molecule has 0 atom stereocenters. The number of amides is 1. The van der Waals surface area contributed by atoms with Crippen LogP contribution in [0.15, 0.2) is 42.5 Å². The van der Waals surface area contributed by atoms with Gasteiger partial charge in [-0.2, -0.15) is 0 Å². The summed E-state index contributed by atoms with van der Waals surface area (Å²) in [4.78, 5) is 37.2. The summed E-state index contributed by atoms with van der Waals surface area (Å²) in [6.07, 6.45) is 2.60. The van der Waals surface area contributed by atoms with Gasteiger partial charge in [-0.3, -0.25) is 14.9 Å². The molecular formula is C22H25N3O6. The minimum Gasteiger partial charge on any atom is -0.497 e. The smallest absolute Gasteiger partial charge is 0.341 e. The minimum atomic E-state index is -0.754. The van der Waals surface area contributed by atoms with Crippen LogP contribution in [0.25, 0.3) is 0 Å². The van der Waals surface area contributed by atoms with E-state index in [0.29, 0.717) is 18.7 Å². The summed E-state index contributed by atoms with van der Waals surface area (Å²) in [5, 5.41) is 13.8. The fraction of sp³-hybridized carbons (Fsp3) is 0.364. The van der Waals surface area contributed by atoms with Crippen molar-refractivity contribution in [1.29, 1.82) is 0 Å². The van der Waals surface area contributed by atoms with Crippen LogP contribution < -0.4 is 15.0 Å². The SMILES string of the molecule is COc1ccc(CCNC(=O)COC(=O)c2cc([N+](=O)[O-])ccc2N2CCCC2)cc1. The van der Waals surface area contributed by atoms with Gasteiger partial charge in [0, 0.05) is 31.8 Å². The lowest BCUT2D eigenvalue weighted by Crippen LogP contribution is -2.30. The maximum Gasteiger partial charge on any atom is 0.341 e. The number of rotatable bonds is 9. The van der Waals surface area contributed by atoms with Crippen LogP contribution in [-0.2, 0) is 16.0 Å². The van der Waals surface area contributed by atoms with Gasteiger partial charge in [0.25, 0.3) is 11.6 Å². The minimum absolute atomic E-state index is 0.0992. The molecule has 1 aliphatic rings. The highest BCUT2D eigenvalue weighted by Gasteiger charge is 2.24. The monoisotopic (exact) mass is 427 g/mol. The zero-order chi connectivity index (χ0) is 22.2. The summed E-state index contributed by atoms with van der Waals surface area (Å²) in [5.41, 5.74) is 1.53. The summed E-state index contributed by atoms with van der Waals surface area (Å²) in [6, 6.07) is 11.6. The van der Waals surface area contributed by atoms with Gasteiger partial charge in [0.05, 0.1) is 23.3 Å². The third-order valence-electron chi connectivity index (χ3n) is 5.09. The number of hydrogen-bond donors (Lipinski definition) is 1. The number of carbonyl (C=O) groups is 2. The first-order valence-electron chi connectivity index (χ1n) is 10.1. The normalized spacial score (nSPS) is 13.0. The molecule has 31 heavy (non-hydrogen) atoms. The van der Waals surface area contributed by atoms with Crippen LogP contribution in [0.5, 0.6) is 5.75 Å². The number of ether oxygens (including phenoxy) is 2. The van der Waals surface area contributed by atoms with Crippen LogP contribution >= 0.6 is 0 Å². The number of hydrogen-bond acceptors (Lipinski definition) is 7. The Morgan fingerprint density at radius 1 is 1.13 bits per heavy atom. The number of carbonyl (C=O) groups excluding carboxylic acids is 2. The molecule has 0 saturated carbocycles. The Labute approximate surface area is 180 Å². The van der Waals surface area contributed by atoms with Crippen molar-refractivity contribution in [1.82, 2.24) is 5.32 Å². The number of non-ortho nitro benzene ring substituents is 1. The number of nitro benzene ring substituents is 1. The van der Waals surface area contributed by atoms with Gasteiger partial charge in [-0.25, -0.2) is 4.79 Å². The third kappa shape index (κ3) is 5.94. The van der Waals surface area contributed by atoms with Gasteiger partial charge in [0.2, 0.25) is 0 Å². The molecule has 3 rings (SSSR count). The van der Waals surface area contributed by atoms with Gasteiger partial charge in [0.1, 0.15) is 5.75 Å². The lowest BCUT2D eigenvalue weighted by molar-refractivity contribution is -0.384. The average molecular weight is 427 g/mol. The second-order valence-electron chi connectivity index (χ2n) is 7.18. The predicted octanol–water partition coefficient (Wildman–Crippen LogP) is 2.72. The molecule has 1 saturated heterocycles. The molecule has 0 spiro atoms. The summed E-state index contributed by atoms with van der Waals surface area (Å²) >= 11 is 0. The molecule has 9 heteroatoms. The second kappa shape index (κ2) is 10.4. The standard InChI is InChI=1S/C22H25N3O6/c1-30-18-7-4-16(5-8-18)10-11-23-21(26)15-31-22(27)19-14-17(25(28)29)6-9-20(19)24-12-2-3-13-24/h4-9,14H,2-3,10-13,15H2,1H3,(H,23,26). The number of nitrogens with zero attached hydrogens (tertiary/aromatic N) is 2. The molecule has 0 radical (unpaired) electrons. The van der Waals surface area contributed by atoms with Crippen molar-refractivity contribution >= 4 is 23.3 Å². The molecule has 1 aliphatic heterocycles. The molecule has 0 aromatic heterocycles. The molecule has 0 bridgehead atoms. The van der Waals surface area contributed by atoms with E-state index in [4.69, 9.17) is 9.47 Å². The van der Waals surface area contributed by atoms with Gasteiger partial charge >= 0.3 is 5.97 Å². The van der Waals surface area contributed by atoms with E-state index in [2.05, 4.69) is 5.32 Å². The molecule has 1 heterocycles. The van der Waals surface area contributed by atoms with E-state index >= 15 is 0 Å². The topological polar surface area (TPSA) is 111 Å². The quantitative estimate of drug-likeness (QED) is 0.372. The molecule has 1 fully saturated rings. The highest BCUT2D eigenvalue weighted by molar-refractivity contribution is 5.97. The zero-order valence-corrected chi connectivity index (χ0v) is 17.3. The first-order chi connectivity index (χ1) is 15.0. The van der Waals surface area contributed by atoms with Gasteiger partial charge in [-0.15, -0.1) is 0 Å². The van der Waals surface area contributed by atoms with E-state index in [1.54, 1.807) is 13.2 Å². The molecule has 0 unspecified atom stereocenters. The van der Waals surface area contributed by atoms with Crippen LogP contribution in [0.3, 0.4) is 0 Å². The van der Waals surface area contributed by atoms with Crippen LogP contribution in [-0.4, -0.2) is 50.2 Å². The van der Waals surface area contributed by atoms with Crippen molar-refractivity contribution in [3.8, 4) is 5.75 Å². The highest BCUT2D eigenvalue weighted by Crippen LogP contribution is 2.29. The van der Waals surface area contributed by atoms with Crippen molar-refractivity contribution in [3.63, 3.8) is 0 Å². The van der Waals surface area contributed by atoms with Gasteiger partial charge in [0.15, 0.2) is 6.61 Å². The largest absolute Gasteiger partial charge is 0.497 e. The van der Waals surface area contributed by atoms with Crippen molar-refractivity contribution in [2.45, 2.75) is 19.3 Å². The summed E-state index contributed by atoms with van der Waals surface area (Å²) in [7, 11) is 1.60. The number of nitrogens with one attached hydrogen (secondary N) is 1. The fourth-order valence-electron chi connectivity index (χ4n) is 3.43. The van der Waals surface area contributed by atoms with E-state index in [0.717, 1.165) is 37.2 Å². The fourth-order valence-corrected chi connectivity index (χ4v) is 3.43. The maximum atomic E-state index is 12.6. The number of benzene rings is 2. The second-order valence-corrected chi connectivity index (χ2v) is 7.18. The first-order valence-corrected chi connectivity index (χ1v) is 10.1. The predicted molar refractivity (Wildman–Crippen MR) is 115 cm³/mol. The van der Waals surface area contributed by atoms with E-state index < -0.39 is 23.4 Å². The van der Waals surface area contributed by atoms with Crippen molar-refractivity contribution in [2.24, 2.45) is 0 Å². The lowest BCUT2D eigenvalue weighted by Gasteiger charge is -2.20. The summed E-state index contributed by atoms with van der Waals surface area (Å²) in [6.45, 7) is 1.47. The zero-order valence-electron chi connectivity index (χ0n) is 17.3. The van der Waals surface area contributed by atoms with Gasteiger partial charge in [-0.1, -0.05) is 12.1 Å². The third-order valence-corrected chi connectivity index (χ3v) is 5.09. The van der Waals surface area contributed by atoms with Gasteiger partial charge in [-0.05, 0) is 43.0 Å². The molecule has 2 aromatic carbocycles. The van der Waals surface area contributed by atoms with E-state index in [-0.39, 0.29) is 11.3 Å². The Bertz CT molecular complexity index is 939. The van der Waals surface area contributed by atoms with Crippen LogP contribution in [0, 0.1) is 10.1 Å². The first kappa shape index (κ1) is 22.1. The Kier molecular flexibility index (Phi) is 7.42. The Morgan fingerprint density at radius 2 is 1.84 bits per heavy atom. The molecule has 2 aromatic rings. The number of esters is 1. The molecule has 9 nitrogen and oxygen atoms in total. The molecule has 1 amide bonds. The molecule has 0 aliphatic carbocycles. The molecule has 1 N–H and O–H groups in total. The Hall–Kier alpha value is -3.62. The summed E-state index contributed by atoms with van der Waals surface area (Å²) < 4.78 is 10.2. The average Bonchev–Trinajstić information content (AvgIpc) is 3.32. The Balaban J connectivity index is 1.54. The number of nitro groups is 1. The van der Waals surface area contributed by atoms with E-state index in [1.165, 1.54) is 12.1 Å². The van der Waals surface area contributed by atoms with Crippen molar-refractivity contribution in [2.75, 3.05) is 38.3 Å². The lowest BCUT2D eigenvalue weighted by atomic mass is 10.1. The van der Waals surface area contributed by atoms with Crippen LogP contribution in [0.4, 0.5) is 11.4 Å². The highest BCUT2D eigenvalue weighted by atomic mass is 16.6. The van der Waals surface area contributed by atoms with Gasteiger partial charge < -0.3 is 19.7 Å². The summed E-state index contributed by atoms with van der Waals surface area (Å²) in [5.74, 6) is -0.430. The van der Waals surface area contributed by atoms with E-state index in [1.807, 2.05) is 29.2 Å². The maximum absolute atomic E-state index is 12.6.